The molecule has 3 heterocycles. The second kappa shape index (κ2) is 7.12. The summed E-state index contributed by atoms with van der Waals surface area (Å²) in [5, 5.41) is 4.05. The maximum atomic E-state index is 12.2. The van der Waals surface area contributed by atoms with Crippen LogP contribution >= 0.6 is 23.2 Å². The molecule has 1 N–H and O–H groups in total. The third kappa shape index (κ3) is 3.82. The van der Waals surface area contributed by atoms with Crippen LogP contribution in [0, 0.1) is 5.92 Å². The van der Waals surface area contributed by atoms with Gasteiger partial charge < -0.3 is 15.0 Å². The minimum atomic E-state index is -0.0955. The van der Waals surface area contributed by atoms with Crippen molar-refractivity contribution >= 4 is 35.2 Å². The molecular formula is C17H20Cl2N2O2. The first-order chi connectivity index (χ1) is 11.1. The van der Waals surface area contributed by atoms with E-state index in [1.54, 1.807) is 25.3 Å². The predicted molar refractivity (Wildman–Crippen MR) is 93.1 cm³/mol. The Morgan fingerprint density at radius 1 is 1.35 bits per heavy atom. The molecule has 0 radical (unpaired) electrons. The summed E-state index contributed by atoms with van der Waals surface area (Å²) in [6.45, 7) is 3.27. The summed E-state index contributed by atoms with van der Waals surface area (Å²) in [5.41, 5.74) is 0.689. The van der Waals surface area contributed by atoms with E-state index in [4.69, 9.17) is 27.9 Å². The minimum Gasteiger partial charge on any atom is -0.495 e. The van der Waals surface area contributed by atoms with Crippen LogP contribution in [-0.4, -0.2) is 43.6 Å². The SMILES string of the molecule is COc1c(Cl)cc(Cl)cc1C=CC(=O)NC1CN2CCC1CC2. The van der Waals surface area contributed by atoms with E-state index in [9.17, 15) is 4.79 Å². The first kappa shape index (κ1) is 16.6. The molecule has 3 aliphatic rings. The number of hydrogen-bond acceptors (Lipinski definition) is 3. The van der Waals surface area contributed by atoms with E-state index in [-0.39, 0.29) is 11.9 Å². The van der Waals surface area contributed by atoms with Crippen molar-refractivity contribution in [3.05, 3.63) is 33.8 Å². The summed E-state index contributed by atoms with van der Waals surface area (Å²) in [7, 11) is 1.54. The minimum absolute atomic E-state index is 0.0955. The van der Waals surface area contributed by atoms with E-state index in [1.807, 2.05) is 0 Å². The van der Waals surface area contributed by atoms with Gasteiger partial charge in [0.1, 0.15) is 5.75 Å². The van der Waals surface area contributed by atoms with Gasteiger partial charge in [-0.05, 0) is 50.1 Å². The van der Waals surface area contributed by atoms with Crippen LogP contribution in [0.2, 0.25) is 10.0 Å². The van der Waals surface area contributed by atoms with Gasteiger partial charge in [0, 0.05) is 29.2 Å². The molecule has 0 aliphatic carbocycles. The summed E-state index contributed by atoms with van der Waals surface area (Å²) in [6.07, 6.45) is 5.55. The molecule has 1 atom stereocenters. The number of fused-ring (bicyclic) bond motifs is 3. The number of hydrogen-bond donors (Lipinski definition) is 1. The lowest BCUT2D eigenvalue weighted by atomic mass is 9.84. The van der Waals surface area contributed by atoms with Crippen LogP contribution in [0.25, 0.3) is 6.08 Å². The average molecular weight is 355 g/mol. The first-order valence-corrected chi connectivity index (χ1v) is 8.56. The van der Waals surface area contributed by atoms with Gasteiger partial charge in [-0.1, -0.05) is 23.2 Å². The Kier molecular flexibility index (Phi) is 5.14. The summed E-state index contributed by atoms with van der Waals surface area (Å²) in [6, 6.07) is 3.59. The zero-order valence-electron chi connectivity index (χ0n) is 13.0. The highest BCUT2D eigenvalue weighted by molar-refractivity contribution is 6.35. The molecule has 1 aromatic rings. The fourth-order valence-electron chi connectivity index (χ4n) is 3.44. The number of methoxy groups -OCH3 is 1. The topological polar surface area (TPSA) is 41.6 Å². The molecule has 23 heavy (non-hydrogen) atoms. The third-order valence-electron chi connectivity index (χ3n) is 4.64. The maximum Gasteiger partial charge on any atom is 0.244 e. The van der Waals surface area contributed by atoms with Gasteiger partial charge in [0.25, 0.3) is 0 Å². The predicted octanol–water partition coefficient (Wildman–Crippen LogP) is 3.23. The molecule has 6 heteroatoms. The number of carbonyl (C=O) groups excluding carboxylic acids is 1. The van der Waals surface area contributed by atoms with Crippen LogP contribution in [0.3, 0.4) is 0 Å². The number of carbonyl (C=O) groups is 1. The fraction of sp³-hybridized carbons (Fsp3) is 0.471. The maximum absolute atomic E-state index is 12.2. The molecule has 3 saturated heterocycles. The fourth-order valence-corrected chi connectivity index (χ4v) is 4.03. The Bertz CT molecular complexity index is 625. The molecule has 0 saturated carbocycles. The molecule has 0 aromatic heterocycles. The second-order valence-corrected chi connectivity index (χ2v) is 6.94. The number of rotatable bonds is 4. The van der Waals surface area contributed by atoms with Crippen LogP contribution in [-0.2, 0) is 4.79 Å². The molecule has 4 nitrogen and oxygen atoms in total. The Labute approximate surface area is 146 Å². The standard InChI is InChI=1S/C17H20Cl2N2O2/c1-23-17-12(8-13(18)9-14(17)19)2-3-16(22)20-15-10-21-6-4-11(15)5-7-21/h2-3,8-9,11,15H,4-7,10H2,1H3,(H,20,22). The largest absolute Gasteiger partial charge is 0.495 e. The quantitative estimate of drug-likeness (QED) is 0.844. The molecular weight excluding hydrogens is 335 g/mol. The summed E-state index contributed by atoms with van der Waals surface area (Å²) >= 11 is 12.1. The van der Waals surface area contributed by atoms with Crippen LogP contribution in [0.15, 0.2) is 18.2 Å². The number of nitrogens with one attached hydrogen (secondary N) is 1. The van der Waals surface area contributed by atoms with Crippen molar-refractivity contribution in [2.24, 2.45) is 5.92 Å². The number of piperidine rings is 3. The van der Waals surface area contributed by atoms with Crippen molar-refractivity contribution in [2.75, 3.05) is 26.7 Å². The van der Waals surface area contributed by atoms with Crippen LogP contribution in [0.4, 0.5) is 0 Å². The van der Waals surface area contributed by atoms with Gasteiger partial charge in [0.15, 0.2) is 0 Å². The number of amides is 1. The molecule has 3 aliphatic heterocycles. The second-order valence-electron chi connectivity index (χ2n) is 6.10. The highest BCUT2D eigenvalue weighted by Crippen LogP contribution is 2.33. The lowest BCUT2D eigenvalue weighted by molar-refractivity contribution is -0.118. The van der Waals surface area contributed by atoms with Crippen molar-refractivity contribution < 1.29 is 9.53 Å². The lowest BCUT2D eigenvalue weighted by Crippen LogP contribution is -2.57. The highest BCUT2D eigenvalue weighted by atomic mass is 35.5. The van der Waals surface area contributed by atoms with E-state index < -0.39 is 0 Å². The van der Waals surface area contributed by atoms with E-state index in [0.717, 1.165) is 19.6 Å². The van der Waals surface area contributed by atoms with Crippen molar-refractivity contribution in [2.45, 2.75) is 18.9 Å². The molecule has 2 bridgehead atoms. The number of ether oxygens (including phenoxy) is 1. The van der Waals surface area contributed by atoms with Gasteiger partial charge in [0.05, 0.1) is 12.1 Å². The van der Waals surface area contributed by atoms with E-state index in [1.165, 1.54) is 18.9 Å². The normalized spacial score (nSPS) is 26.5. The van der Waals surface area contributed by atoms with Crippen LogP contribution in [0.1, 0.15) is 18.4 Å². The summed E-state index contributed by atoms with van der Waals surface area (Å²) in [4.78, 5) is 14.6. The van der Waals surface area contributed by atoms with E-state index in [2.05, 4.69) is 10.2 Å². The highest BCUT2D eigenvalue weighted by Gasteiger charge is 2.34. The number of benzene rings is 1. The van der Waals surface area contributed by atoms with Gasteiger partial charge >= 0.3 is 0 Å². The van der Waals surface area contributed by atoms with Crippen molar-refractivity contribution in [3.63, 3.8) is 0 Å². The van der Waals surface area contributed by atoms with Gasteiger partial charge in [0.2, 0.25) is 5.91 Å². The van der Waals surface area contributed by atoms with Crippen molar-refractivity contribution in [1.82, 2.24) is 10.2 Å². The van der Waals surface area contributed by atoms with Crippen LogP contribution in [0.5, 0.6) is 5.75 Å². The van der Waals surface area contributed by atoms with Crippen LogP contribution < -0.4 is 10.1 Å². The van der Waals surface area contributed by atoms with Gasteiger partial charge in [-0.3, -0.25) is 4.79 Å². The Hall–Kier alpha value is -1.23. The summed E-state index contributed by atoms with van der Waals surface area (Å²) < 4.78 is 5.27. The molecule has 1 amide bonds. The zero-order valence-corrected chi connectivity index (χ0v) is 14.5. The van der Waals surface area contributed by atoms with Gasteiger partial charge in [-0.25, -0.2) is 0 Å². The third-order valence-corrected chi connectivity index (χ3v) is 5.14. The smallest absolute Gasteiger partial charge is 0.244 e. The van der Waals surface area contributed by atoms with Crippen molar-refractivity contribution in [3.8, 4) is 5.75 Å². The first-order valence-electron chi connectivity index (χ1n) is 7.81. The lowest BCUT2D eigenvalue weighted by Gasteiger charge is -2.44. The van der Waals surface area contributed by atoms with Gasteiger partial charge in [-0.15, -0.1) is 0 Å². The summed E-state index contributed by atoms with van der Waals surface area (Å²) in [5.74, 6) is 1.03. The van der Waals surface area contributed by atoms with E-state index in [0.29, 0.717) is 27.3 Å². The number of halogens is 2. The molecule has 124 valence electrons. The molecule has 0 spiro atoms. The molecule has 4 rings (SSSR count). The Balaban J connectivity index is 1.67. The number of nitrogens with zero attached hydrogens (tertiary/aromatic N) is 1. The monoisotopic (exact) mass is 354 g/mol. The Morgan fingerprint density at radius 2 is 2.09 bits per heavy atom. The zero-order chi connectivity index (χ0) is 16.4. The Morgan fingerprint density at radius 3 is 2.70 bits per heavy atom. The van der Waals surface area contributed by atoms with Gasteiger partial charge in [-0.2, -0.15) is 0 Å². The van der Waals surface area contributed by atoms with Crippen molar-refractivity contribution in [1.29, 1.82) is 0 Å². The molecule has 1 unspecified atom stereocenters. The molecule has 3 fully saturated rings. The molecule has 1 aromatic carbocycles. The average Bonchev–Trinajstić information content (AvgIpc) is 2.53. The van der Waals surface area contributed by atoms with E-state index >= 15 is 0 Å².